The lowest BCUT2D eigenvalue weighted by Crippen LogP contribution is -2.33. The van der Waals surface area contributed by atoms with Gasteiger partial charge in [-0.25, -0.2) is 0 Å². The minimum Gasteiger partial charge on any atom is -0.273 e. The third kappa shape index (κ3) is 5.30. The van der Waals surface area contributed by atoms with Gasteiger partial charge in [-0.2, -0.15) is 0 Å². The van der Waals surface area contributed by atoms with Gasteiger partial charge in [-0.3, -0.25) is 10.4 Å². The van der Waals surface area contributed by atoms with Crippen LogP contribution in [0.3, 0.4) is 0 Å². The van der Waals surface area contributed by atoms with Crippen LogP contribution in [0.1, 0.15) is 26.2 Å². The van der Waals surface area contributed by atoms with Crippen molar-refractivity contribution in [1.82, 2.24) is 10.4 Å². The van der Waals surface area contributed by atoms with Gasteiger partial charge in [-0.05, 0) is 18.9 Å². The van der Waals surface area contributed by atoms with Crippen LogP contribution < -0.4 is 5.43 Å². The summed E-state index contributed by atoms with van der Waals surface area (Å²) >= 11 is 0. The van der Waals surface area contributed by atoms with Crippen molar-refractivity contribution < 1.29 is 0 Å². The van der Waals surface area contributed by atoms with Gasteiger partial charge in [0.15, 0.2) is 0 Å². The summed E-state index contributed by atoms with van der Waals surface area (Å²) in [5.41, 5.74) is 7.21. The molecular weight excluding hydrogens is 220 g/mol. The predicted octanol–water partition coefficient (Wildman–Crippen LogP) is 3.30. The van der Waals surface area contributed by atoms with Crippen molar-refractivity contribution >= 4 is 0 Å². The summed E-state index contributed by atoms with van der Waals surface area (Å²) in [6.45, 7) is 2.86. The van der Waals surface area contributed by atoms with E-state index >= 15 is 0 Å². The molecule has 1 aliphatic carbocycles. The second-order valence-corrected chi connectivity index (χ2v) is 3.84. The monoisotopic (exact) mass is 240 g/mol. The average molecular weight is 240 g/mol. The molecule has 0 aliphatic heterocycles. The smallest absolute Gasteiger partial charge is 0.0811 e. The lowest BCUT2D eigenvalue weighted by molar-refractivity contribution is 0.322. The van der Waals surface area contributed by atoms with Crippen molar-refractivity contribution in [2.75, 3.05) is 6.54 Å². The number of nitrogens with zero attached hydrogens (tertiary/aromatic N) is 1. The normalized spacial score (nSPS) is 16.3. The number of hydrogen-bond acceptors (Lipinski definition) is 2. The molecular formula is C16H20N2. The van der Waals surface area contributed by atoms with E-state index in [0.29, 0.717) is 0 Å². The summed E-state index contributed by atoms with van der Waals surface area (Å²) in [4.78, 5) is 0. The largest absolute Gasteiger partial charge is 0.273 e. The SMILES string of the molecule is C#CNN(CC=CCC)C1=C=CC=CC/C=C\C1. The second-order valence-electron chi connectivity index (χ2n) is 3.84. The van der Waals surface area contributed by atoms with Gasteiger partial charge in [0.1, 0.15) is 0 Å². The van der Waals surface area contributed by atoms with Gasteiger partial charge in [0.2, 0.25) is 0 Å². The molecule has 0 radical (unpaired) electrons. The number of terminal acetylenes is 1. The molecule has 0 heterocycles. The topological polar surface area (TPSA) is 15.3 Å². The number of allylic oxidation sites excluding steroid dienone is 5. The van der Waals surface area contributed by atoms with Crippen LogP contribution in [0.5, 0.6) is 0 Å². The molecule has 0 aromatic rings. The summed E-state index contributed by atoms with van der Waals surface area (Å²) in [5.74, 6) is 0. The predicted molar refractivity (Wildman–Crippen MR) is 77.2 cm³/mol. The van der Waals surface area contributed by atoms with E-state index in [0.717, 1.165) is 31.5 Å². The Morgan fingerprint density at radius 1 is 1.44 bits per heavy atom. The molecule has 0 atom stereocenters. The Labute approximate surface area is 110 Å². The van der Waals surface area contributed by atoms with Crippen molar-refractivity contribution in [2.24, 2.45) is 0 Å². The first-order chi connectivity index (χ1) is 8.88. The summed E-state index contributed by atoms with van der Waals surface area (Å²) in [5, 5.41) is 1.94. The molecule has 0 fully saturated rings. The van der Waals surface area contributed by atoms with Crippen molar-refractivity contribution in [3.8, 4) is 12.5 Å². The molecule has 0 amide bonds. The lowest BCUT2D eigenvalue weighted by Gasteiger charge is -2.22. The highest BCUT2D eigenvalue weighted by atomic mass is 15.5. The van der Waals surface area contributed by atoms with Crippen LogP contribution in [0, 0.1) is 12.5 Å². The summed E-state index contributed by atoms with van der Waals surface area (Å²) < 4.78 is 0. The molecule has 0 bridgehead atoms. The molecule has 0 spiro atoms. The van der Waals surface area contributed by atoms with E-state index in [-0.39, 0.29) is 0 Å². The Bertz CT molecular complexity index is 427. The first kappa shape index (κ1) is 14.0. The van der Waals surface area contributed by atoms with Gasteiger partial charge in [0.05, 0.1) is 12.2 Å². The van der Waals surface area contributed by atoms with E-state index in [2.05, 4.69) is 54.5 Å². The van der Waals surface area contributed by atoms with Crippen molar-refractivity contribution in [2.45, 2.75) is 26.2 Å². The maximum atomic E-state index is 5.33. The van der Waals surface area contributed by atoms with E-state index in [1.54, 1.807) is 0 Å². The zero-order chi connectivity index (χ0) is 13.1. The first-order valence-electron chi connectivity index (χ1n) is 6.28. The Morgan fingerprint density at radius 3 is 3.11 bits per heavy atom. The van der Waals surface area contributed by atoms with Crippen LogP contribution in [0.15, 0.2) is 54.0 Å². The maximum Gasteiger partial charge on any atom is 0.0811 e. The van der Waals surface area contributed by atoms with E-state index in [1.165, 1.54) is 0 Å². The third-order valence-electron chi connectivity index (χ3n) is 2.45. The quantitative estimate of drug-likeness (QED) is 0.261. The first-order valence-corrected chi connectivity index (χ1v) is 6.28. The fourth-order valence-corrected chi connectivity index (χ4v) is 1.56. The zero-order valence-corrected chi connectivity index (χ0v) is 10.9. The van der Waals surface area contributed by atoms with Crippen LogP contribution in [-0.4, -0.2) is 11.6 Å². The molecule has 1 rings (SSSR count). The standard InChI is InChI=1S/C16H20N2/c1-3-5-12-15-18(17-4-2)16-13-10-8-6-7-9-11-14-16/h2,5-6,8-12,17H,3,7,14-15H2,1H3/b8-6?,11-9-,12-5?. The molecule has 94 valence electrons. The molecule has 1 aliphatic rings. The second kappa shape index (κ2) is 8.98. The minimum absolute atomic E-state index is 0.742. The van der Waals surface area contributed by atoms with Gasteiger partial charge in [-0.15, -0.1) is 0 Å². The number of nitrogens with one attached hydrogen (secondary N) is 1. The minimum atomic E-state index is 0.742. The van der Waals surface area contributed by atoms with Crippen molar-refractivity contribution in [1.29, 1.82) is 0 Å². The summed E-state index contributed by atoms with van der Waals surface area (Å²) in [6.07, 6.45) is 22.7. The van der Waals surface area contributed by atoms with Crippen LogP contribution in [-0.2, 0) is 0 Å². The van der Waals surface area contributed by atoms with E-state index in [9.17, 15) is 0 Å². The number of hydrogen-bond donors (Lipinski definition) is 1. The van der Waals surface area contributed by atoms with Gasteiger partial charge < -0.3 is 0 Å². The van der Waals surface area contributed by atoms with Gasteiger partial charge in [0.25, 0.3) is 0 Å². The fraction of sp³-hybridized carbons (Fsp3) is 0.312. The van der Waals surface area contributed by atoms with Crippen molar-refractivity contribution in [3.63, 3.8) is 0 Å². The zero-order valence-electron chi connectivity index (χ0n) is 10.9. The van der Waals surface area contributed by atoms with Crippen LogP contribution in [0.4, 0.5) is 0 Å². The Morgan fingerprint density at radius 2 is 2.33 bits per heavy atom. The summed E-state index contributed by atoms with van der Waals surface area (Å²) in [7, 11) is 0. The average Bonchev–Trinajstić information content (AvgIpc) is 2.51. The molecule has 0 saturated carbocycles. The molecule has 0 unspecified atom stereocenters. The number of rotatable bonds is 5. The van der Waals surface area contributed by atoms with Crippen LogP contribution >= 0.6 is 0 Å². The van der Waals surface area contributed by atoms with E-state index in [1.807, 2.05) is 17.2 Å². The Balaban J connectivity index is 2.81. The Kier molecular flexibility index (Phi) is 6.97. The van der Waals surface area contributed by atoms with E-state index < -0.39 is 0 Å². The van der Waals surface area contributed by atoms with Crippen molar-refractivity contribution in [3.05, 3.63) is 54.0 Å². The fourth-order valence-electron chi connectivity index (χ4n) is 1.56. The third-order valence-corrected chi connectivity index (χ3v) is 2.45. The number of hydrazine groups is 1. The molecule has 0 saturated heterocycles. The van der Waals surface area contributed by atoms with Crippen LogP contribution in [0.2, 0.25) is 0 Å². The lowest BCUT2D eigenvalue weighted by atomic mass is 10.2. The summed E-state index contributed by atoms with van der Waals surface area (Å²) in [6, 6.07) is 2.47. The molecule has 2 nitrogen and oxygen atoms in total. The highest BCUT2D eigenvalue weighted by Crippen LogP contribution is 2.08. The highest BCUT2D eigenvalue weighted by Gasteiger charge is 2.04. The van der Waals surface area contributed by atoms with Gasteiger partial charge >= 0.3 is 0 Å². The molecule has 18 heavy (non-hydrogen) atoms. The maximum absolute atomic E-state index is 5.33. The molecule has 2 heteroatoms. The van der Waals surface area contributed by atoms with E-state index in [4.69, 9.17) is 6.42 Å². The molecule has 0 aromatic carbocycles. The van der Waals surface area contributed by atoms with Gasteiger partial charge in [0, 0.05) is 12.5 Å². The highest BCUT2D eigenvalue weighted by molar-refractivity contribution is 5.15. The van der Waals surface area contributed by atoms with Crippen LogP contribution in [0.25, 0.3) is 0 Å². The molecule has 0 aromatic heterocycles. The molecule has 1 N–H and O–H groups in total. The Hall–Kier alpha value is -2.10. The van der Waals surface area contributed by atoms with Gasteiger partial charge in [-0.1, -0.05) is 55.5 Å².